The summed E-state index contributed by atoms with van der Waals surface area (Å²) >= 11 is 5.74. The second-order valence-electron chi connectivity index (χ2n) is 10.00. The Morgan fingerprint density at radius 2 is 1.74 bits per heavy atom. The number of alkyl halides is 3. The van der Waals surface area contributed by atoms with Gasteiger partial charge in [0.15, 0.2) is 5.11 Å². The zero-order valence-corrected chi connectivity index (χ0v) is 23.1. The minimum absolute atomic E-state index is 0.140. The van der Waals surface area contributed by atoms with Gasteiger partial charge in [-0.05, 0) is 66.1 Å². The van der Waals surface area contributed by atoms with Crippen LogP contribution in [0, 0.1) is 0 Å². The van der Waals surface area contributed by atoms with Gasteiger partial charge in [-0.3, -0.25) is 9.78 Å². The van der Waals surface area contributed by atoms with Crippen molar-refractivity contribution < 1.29 is 18.0 Å². The number of aromatic nitrogens is 2. The topological polar surface area (TPSA) is 62.2 Å². The number of thiocarbonyl (C=S) groups is 1. The molecule has 2 unspecified atom stereocenters. The second-order valence-corrected chi connectivity index (χ2v) is 10.4. The predicted octanol–water partition coefficient (Wildman–Crippen LogP) is 7.05. The highest BCUT2D eigenvalue weighted by Gasteiger charge is 2.41. The van der Waals surface area contributed by atoms with Gasteiger partial charge < -0.3 is 20.1 Å². The Bertz CT molecular complexity index is 1750. The van der Waals surface area contributed by atoms with Crippen molar-refractivity contribution in [1.29, 1.82) is 0 Å². The fourth-order valence-electron chi connectivity index (χ4n) is 5.44. The standard InChI is InChI=1S/C32H26F3N5OS/c33-32(34,35)22-10-6-11-23(20-22)39-18-7-15-27(39)30-29(26-13-3-4-17-36-26)38-31(42)40(30)19-16-28(41)37-25-14-5-9-21-8-1-2-12-24(21)25/h1-15,17-18,20,29-30H,16,19H2,(H,37,41)(H,38,42). The lowest BCUT2D eigenvalue weighted by Crippen LogP contribution is -2.33. The molecule has 0 radical (unpaired) electrons. The van der Waals surface area contributed by atoms with E-state index in [0.29, 0.717) is 16.5 Å². The van der Waals surface area contributed by atoms with E-state index in [1.807, 2.05) is 71.6 Å². The third-order valence-electron chi connectivity index (χ3n) is 7.38. The van der Waals surface area contributed by atoms with Crippen molar-refractivity contribution in [3.63, 3.8) is 0 Å². The number of fused-ring (bicyclic) bond motifs is 1. The maximum atomic E-state index is 13.5. The zero-order valence-electron chi connectivity index (χ0n) is 22.3. The normalized spacial score (nSPS) is 16.9. The molecule has 0 bridgehead atoms. The van der Waals surface area contributed by atoms with Crippen molar-refractivity contribution in [3.05, 3.63) is 126 Å². The van der Waals surface area contributed by atoms with Crippen LogP contribution in [0.15, 0.2) is 109 Å². The van der Waals surface area contributed by atoms with E-state index in [4.69, 9.17) is 12.2 Å². The molecule has 1 aliphatic heterocycles. The first-order valence-corrected chi connectivity index (χ1v) is 13.8. The molecule has 0 saturated carbocycles. The zero-order chi connectivity index (χ0) is 29.3. The van der Waals surface area contributed by atoms with E-state index in [1.165, 1.54) is 6.07 Å². The van der Waals surface area contributed by atoms with Crippen LogP contribution in [0.2, 0.25) is 0 Å². The Balaban J connectivity index is 1.31. The second kappa shape index (κ2) is 11.3. The minimum atomic E-state index is -4.47. The molecule has 3 heterocycles. The fraction of sp³-hybridized carbons (Fsp3) is 0.156. The lowest BCUT2D eigenvalue weighted by Gasteiger charge is -2.29. The lowest BCUT2D eigenvalue weighted by atomic mass is 10.0. The highest BCUT2D eigenvalue weighted by Crippen LogP contribution is 2.40. The summed E-state index contributed by atoms with van der Waals surface area (Å²) < 4.78 is 42.3. The number of anilines is 1. The van der Waals surface area contributed by atoms with Crippen molar-refractivity contribution in [2.45, 2.75) is 24.7 Å². The summed E-state index contributed by atoms with van der Waals surface area (Å²) in [6.45, 7) is 0.282. The molecule has 1 fully saturated rings. The number of carbonyl (C=O) groups excluding carboxylic acids is 1. The Morgan fingerprint density at radius 3 is 2.55 bits per heavy atom. The third kappa shape index (κ3) is 5.45. The van der Waals surface area contributed by atoms with Gasteiger partial charge in [0.2, 0.25) is 5.91 Å². The molecule has 0 spiro atoms. The van der Waals surface area contributed by atoms with E-state index in [2.05, 4.69) is 15.6 Å². The van der Waals surface area contributed by atoms with Crippen LogP contribution in [0.5, 0.6) is 0 Å². The van der Waals surface area contributed by atoms with E-state index >= 15 is 0 Å². The minimum Gasteiger partial charge on any atom is -0.352 e. The molecule has 10 heteroatoms. The summed E-state index contributed by atoms with van der Waals surface area (Å²) in [5, 5.41) is 8.76. The van der Waals surface area contributed by atoms with Crippen molar-refractivity contribution in [2.75, 3.05) is 11.9 Å². The number of hydrogen-bond acceptors (Lipinski definition) is 3. The highest BCUT2D eigenvalue weighted by atomic mass is 32.1. The molecular weight excluding hydrogens is 559 g/mol. The number of hydrogen-bond donors (Lipinski definition) is 2. The first kappa shape index (κ1) is 27.5. The van der Waals surface area contributed by atoms with Crippen LogP contribution in [-0.2, 0) is 11.0 Å². The smallest absolute Gasteiger partial charge is 0.352 e. The van der Waals surface area contributed by atoms with Gasteiger partial charge in [0.05, 0.1) is 23.3 Å². The number of benzene rings is 3. The Labute approximate surface area is 245 Å². The van der Waals surface area contributed by atoms with E-state index in [0.717, 1.165) is 34.3 Å². The van der Waals surface area contributed by atoms with Crippen molar-refractivity contribution >= 4 is 39.7 Å². The van der Waals surface area contributed by atoms with Gasteiger partial charge in [-0.2, -0.15) is 13.2 Å². The molecule has 212 valence electrons. The van der Waals surface area contributed by atoms with Crippen LogP contribution < -0.4 is 10.6 Å². The number of carbonyl (C=O) groups is 1. The monoisotopic (exact) mass is 585 g/mol. The molecule has 2 atom stereocenters. The third-order valence-corrected chi connectivity index (χ3v) is 7.73. The van der Waals surface area contributed by atoms with Gasteiger partial charge in [-0.15, -0.1) is 0 Å². The first-order chi connectivity index (χ1) is 20.3. The van der Waals surface area contributed by atoms with E-state index in [9.17, 15) is 18.0 Å². The van der Waals surface area contributed by atoms with Gasteiger partial charge in [0.25, 0.3) is 0 Å². The maximum Gasteiger partial charge on any atom is 0.416 e. The van der Waals surface area contributed by atoms with Gasteiger partial charge in [0, 0.05) is 47.8 Å². The molecule has 3 aromatic carbocycles. The van der Waals surface area contributed by atoms with Gasteiger partial charge in [-0.1, -0.05) is 48.5 Å². The van der Waals surface area contributed by atoms with Crippen LogP contribution in [-0.4, -0.2) is 32.0 Å². The molecular formula is C32H26F3N5OS. The molecule has 1 aliphatic rings. The van der Waals surface area contributed by atoms with Crippen LogP contribution in [0.25, 0.3) is 16.5 Å². The quantitative estimate of drug-likeness (QED) is 0.201. The maximum absolute atomic E-state index is 13.5. The average molecular weight is 586 g/mol. The molecule has 6 nitrogen and oxygen atoms in total. The van der Waals surface area contributed by atoms with Crippen LogP contribution in [0.4, 0.5) is 18.9 Å². The number of halogens is 3. The number of amides is 1. The first-order valence-electron chi connectivity index (χ1n) is 13.4. The molecule has 0 aliphatic carbocycles. The summed E-state index contributed by atoms with van der Waals surface area (Å²) in [6.07, 6.45) is -0.920. The molecule has 5 aromatic rings. The number of nitrogens with one attached hydrogen (secondary N) is 2. The van der Waals surface area contributed by atoms with Gasteiger partial charge in [0.1, 0.15) is 0 Å². The van der Waals surface area contributed by atoms with E-state index in [1.54, 1.807) is 29.1 Å². The Kier molecular flexibility index (Phi) is 7.38. The van der Waals surface area contributed by atoms with Gasteiger partial charge >= 0.3 is 6.18 Å². The Morgan fingerprint density at radius 1 is 0.952 bits per heavy atom. The van der Waals surface area contributed by atoms with Crippen molar-refractivity contribution in [3.8, 4) is 5.69 Å². The largest absolute Gasteiger partial charge is 0.416 e. The molecule has 42 heavy (non-hydrogen) atoms. The predicted molar refractivity (Wildman–Crippen MR) is 160 cm³/mol. The summed E-state index contributed by atoms with van der Waals surface area (Å²) in [5.74, 6) is -0.178. The summed E-state index contributed by atoms with van der Waals surface area (Å²) in [5.41, 5.74) is 1.80. The molecule has 6 rings (SSSR count). The molecule has 1 amide bonds. The number of pyridine rings is 1. The number of rotatable bonds is 7. The summed E-state index contributed by atoms with van der Waals surface area (Å²) in [6, 6.07) is 27.2. The summed E-state index contributed by atoms with van der Waals surface area (Å²) in [7, 11) is 0. The van der Waals surface area contributed by atoms with E-state index in [-0.39, 0.29) is 24.9 Å². The molecule has 1 saturated heterocycles. The van der Waals surface area contributed by atoms with Crippen LogP contribution >= 0.6 is 12.2 Å². The SMILES string of the molecule is O=C(CCN1C(=S)NC(c2ccccn2)C1c1cccn1-c1cccc(C(F)(F)F)c1)Nc1cccc2ccccc12. The van der Waals surface area contributed by atoms with Gasteiger partial charge in [-0.25, -0.2) is 0 Å². The molecule has 2 aromatic heterocycles. The molecule has 2 N–H and O–H groups in total. The summed E-state index contributed by atoms with van der Waals surface area (Å²) in [4.78, 5) is 19.6. The Hall–Kier alpha value is -4.70. The van der Waals surface area contributed by atoms with E-state index < -0.39 is 17.8 Å². The fourth-order valence-corrected chi connectivity index (χ4v) is 5.77. The van der Waals surface area contributed by atoms with Crippen molar-refractivity contribution in [1.82, 2.24) is 19.8 Å². The lowest BCUT2D eigenvalue weighted by molar-refractivity contribution is -0.137. The van der Waals surface area contributed by atoms with Crippen molar-refractivity contribution in [2.24, 2.45) is 0 Å². The average Bonchev–Trinajstić information content (AvgIpc) is 3.60. The van der Waals surface area contributed by atoms with Crippen LogP contribution in [0.3, 0.4) is 0 Å². The number of nitrogens with zero attached hydrogens (tertiary/aromatic N) is 3. The highest BCUT2D eigenvalue weighted by molar-refractivity contribution is 7.80. The van der Waals surface area contributed by atoms with Crippen LogP contribution in [0.1, 0.15) is 35.5 Å².